The van der Waals surface area contributed by atoms with Crippen molar-refractivity contribution in [3.05, 3.63) is 34.6 Å². The Morgan fingerprint density at radius 1 is 1.24 bits per heavy atom. The first-order valence-electron chi connectivity index (χ1n) is 8.09. The topological polar surface area (TPSA) is 12.0 Å². The first-order chi connectivity index (χ1) is 9.92. The summed E-state index contributed by atoms with van der Waals surface area (Å²) >= 11 is 5.71. The van der Waals surface area contributed by atoms with Crippen LogP contribution in [0.4, 0.5) is 4.39 Å². The average Bonchev–Trinajstić information content (AvgIpc) is 2.49. The van der Waals surface area contributed by atoms with E-state index in [0.717, 1.165) is 18.0 Å². The van der Waals surface area contributed by atoms with Gasteiger partial charge in [-0.3, -0.25) is 0 Å². The molecule has 1 aromatic carbocycles. The molecule has 118 valence electrons. The van der Waals surface area contributed by atoms with Gasteiger partial charge < -0.3 is 5.32 Å². The number of hydrogen-bond acceptors (Lipinski definition) is 1. The Hall–Kier alpha value is -0.600. The van der Waals surface area contributed by atoms with Gasteiger partial charge in [-0.15, -0.1) is 0 Å². The first kappa shape index (κ1) is 16.8. The molecule has 1 aromatic rings. The molecule has 1 N–H and O–H groups in total. The number of nitrogens with one attached hydrogen (secondary N) is 1. The molecule has 0 saturated heterocycles. The Morgan fingerprint density at radius 3 is 2.48 bits per heavy atom. The van der Waals surface area contributed by atoms with E-state index in [9.17, 15) is 4.39 Å². The largest absolute Gasteiger partial charge is 0.310 e. The zero-order chi connectivity index (χ0) is 15.5. The Morgan fingerprint density at radius 2 is 1.90 bits per heavy atom. The summed E-state index contributed by atoms with van der Waals surface area (Å²) in [5.74, 6) is 0.512. The fourth-order valence-electron chi connectivity index (χ4n) is 3.28. The van der Waals surface area contributed by atoms with Gasteiger partial charge in [-0.25, -0.2) is 4.39 Å². The quantitative estimate of drug-likeness (QED) is 0.750. The van der Waals surface area contributed by atoms with Crippen molar-refractivity contribution in [3.63, 3.8) is 0 Å². The SMILES string of the molecule is CCC(C)(C)C1CCC(NCc2ccc(Cl)c(F)c2)CC1. The summed E-state index contributed by atoms with van der Waals surface area (Å²) in [6, 6.07) is 5.62. The fourth-order valence-corrected chi connectivity index (χ4v) is 3.40. The van der Waals surface area contributed by atoms with Crippen LogP contribution in [0, 0.1) is 17.2 Å². The van der Waals surface area contributed by atoms with Crippen molar-refractivity contribution < 1.29 is 4.39 Å². The molecule has 0 amide bonds. The maximum atomic E-state index is 13.4. The lowest BCUT2D eigenvalue weighted by Gasteiger charge is -2.39. The normalized spacial score (nSPS) is 23.3. The van der Waals surface area contributed by atoms with Gasteiger partial charge in [-0.2, -0.15) is 0 Å². The van der Waals surface area contributed by atoms with Gasteiger partial charge in [0.2, 0.25) is 0 Å². The lowest BCUT2D eigenvalue weighted by Crippen LogP contribution is -2.36. The second kappa shape index (κ2) is 7.11. The molecular weight excluding hydrogens is 285 g/mol. The summed E-state index contributed by atoms with van der Waals surface area (Å²) in [7, 11) is 0. The zero-order valence-electron chi connectivity index (χ0n) is 13.4. The summed E-state index contributed by atoms with van der Waals surface area (Å²) in [6.45, 7) is 7.80. The van der Waals surface area contributed by atoms with Crippen LogP contribution in [0.15, 0.2) is 18.2 Å². The van der Waals surface area contributed by atoms with E-state index in [1.807, 2.05) is 6.07 Å². The van der Waals surface area contributed by atoms with Gasteiger partial charge in [0, 0.05) is 12.6 Å². The molecule has 1 aliphatic carbocycles. The van der Waals surface area contributed by atoms with Crippen LogP contribution in [-0.2, 0) is 6.54 Å². The third kappa shape index (κ3) is 4.43. The molecule has 1 saturated carbocycles. The van der Waals surface area contributed by atoms with Crippen LogP contribution in [0.2, 0.25) is 5.02 Å². The first-order valence-corrected chi connectivity index (χ1v) is 8.47. The third-order valence-corrected chi connectivity index (χ3v) is 5.63. The molecule has 0 spiro atoms. The van der Waals surface area contributed by atoms with Gasteiger partial charge in [0.25, 0.3) is 0 Å². The smallest absolute Gasteiger partial charge is 0.142 e. The lowest BCUT2D eigenvalue weighted by atomic mass is 9.69. The third-order valence-electron chi connectivity index (χ3n) is 5.32. The summed E-state index contributed by atoms with van der Waals surface area (Å²) in [6.07, 6.45) is 6.30. The maximum Gasteiger partial charge on any atom is 0.142 e. The van der Waals surface area contributed by atoms with Gasteiger partial charge >= 0.3 is 0 Å². The second-order valence-corrected chi connectivity index (χ2v) is 7.43. The molecule has 21 heavy (non-hydrogen) atoms. The minimum Gasteiger partial charge on any atom is -0.310 e. The fraction of sp³-hybridized carbons (Fsp3) is 0.667. The highest BCUT2D eigenvalue weighted by molar-refractivity contribution is 6.30. The van der Waals surface area contributed by atoms with E-state index in [1.54, 1.807) is 6.07 Å². The van der Waals surface area contributed by atoms with Gasteiger partial charge in [0.15, 0.2) is 0 Å². The molecule has 3 heteroatoms. The predicted octanol–water partition coefficient (Wildman–Crippen LogP) is 5.56. The minimum atomic E-state index is -0.329. The molecule has 0 heterocycles. The average molecular weight is 312 g/mol. The van der Waals surface area contributed by atoms with Crippen molar-refractivity contribution in [1.82, 2.24) is 5.32 Å². The van der Waals surface area contributed by atoms with E-state index in [1.165, 1.54) is 38.2 Å². The van der Waals surface area contributed by atoms with Crippen molar-refractivity contribution >= 4 is 11.6 Å². The van der Waals surface area contributed by atoms with E-state index >= 15 is 0 Å². The van der Waals surface area contributed by atoms with Crippen LogP contribution in [0.25, 0.3) is 0 Å². The second-order valence-electron chi connectivity index (χ2n) is 7.02. The number of halogens is 2. The molecule has 0 aliphatic heterocycles. The van der Waals surface area contributed by atoms with Crippen LogP contribution >= 0.6 is 11.6 Å². The molecule has 0 atom stereocenters. The highest BCUT2D eigenvalue weighted by atomic mass is 35.5. The summed E-state index contributed by atoms with van der Waals surface area (Å²) < 4.78 is 13.4. The van der Waals surface area contributed by atoms with Gasteiger partial charge in [-0.05, 0) is 54.7 Å². The molecule has 2 rings (SSSR count). The maximum absolute atomic E-state index is 13.4. The Labute approximate surface area is 133 Å². The monoisotopic (exact) mass is 311 g/mol. The lowest BCUT2D eigenvalue weighted by molar-refractivity contribution is 0.137. The van der Waals surface area contributed by atoms with Crippen LogP contribution < -0.4 is 5.32 Å². The van der Waals surface area contributed by atoms with Crippen LogP contribution in [0.1, 0.15) is 58.4 Å². The molecule has 1 aliphatic rings. The minimum absolute atomic E-state index is 0.195. The van der Waals surface area contributed by atoms with E-state index in [0.29, 0.717) is 11.5 Å². The van der Waals surface area contributed by atoms with Crippen LogP contribution in [0.5, 0.6) is 0 Å². The molecule has 0 unspecified atom stereocenters. The number of rotatable bonds is 5. The van der Waals surface area contributed by atoms with Gasteiger partial charge in [0.05, 0.1) is 5.02 Å². The van der Waals surface area contributed by atoms with E-state index < -0.39 is 0 Å². The molecule has 1 fully saturated rings. The van der Waals surface area contributed by atoms with Crippen molar-refractivity contribution in [1.29, 1.82) is 0 Å². The Balaban J connectivity index is 1.80. The van der Waals surface area contributed by atoms with Gasteiger partial charge in [0.1, 0.15) is 5.82 Å². The van der Waals surface area contributed by atoms with Crippen molar-refractivity contribution in [2.24, 2.45) is 11.3 Å². The van der Waals surface area contributed by atoms with Crippen molar-refractivity contribution in [2.75, 3.05) is 0 Å². The van der Waals surface area contributed by atoms with Crippen LogP contribution in [-0.4, -0.2) is 6.04 Å². The van der Waals surface area contributed by atoms with Crippen molar-refractivity contribution in [2.45, 2.75) is 65.5 Å². The van der Waals surface area contributed by atoms with E-state index in [2.05, 4.69) is 26.1 Å². The standard InChI is InChI=1S/C18H27ClFN/c1-4-18(2,3)14-6-8-15(9-7-14)21-12-13-5-10-16(19)17(20)11-13/h5,10-11,14-15,21H,4,6-9,12H2,1-3H3. The molecule has 0 aromatic heterocycles. The summed E-state index contributed by atoms with van der Waals surface area (Å²) in [4.78, 5) is 0. The highest BCUT2D eigenvalue weighted by Crippen LogP contribution is 2.40. The Kier molecular flexibility index (Phi) is 5.67. The predicted molar refractivity (Wildman–Crippen MR) is 88.1 cm³/mol. The number of benzene rings is 1. The zero-order valence-corrected chi connectivity index (χ0v) is 14.1. The summed E-state index contributed by atoms with van der Waals surface area (Å²) in [5, 5.41) is 3.76. The molecule has 0 radical (unpaired) electrons. The van der Waals surface area contributed by atoms with E-state index in [4.69, 9.17) is 11.6 Å². The molecule has 0 bridgehead atoms. The Bertz CT molecular complexity index is 464. The number of hydrogen-bond donors (Lipinski definition) is 1. The van der Waals surface area contributed by atoms with Crippen LogP contribution in [0.3, 0.4) is 0 Å². The molecule has 1 nitrogen and oxygen atoms in total. The summed E-state index contributed by atoms with van der Waals surface area (Å²) in [5.41, 5.74) is 1.43. The highest BCUT2D eigenvalue weighted by Gasteiger charge is 2.31. The van der Waals surface area contributed by atoms with Gasteiger partial charge in [-0.1, -0.05) is 44.9 Å². The van der Waals surface area contributed by atoms with E-state index in [-0.39, 0.29) is 10.8 Å². The van der Waals surface area contributed by atoms with Crippen molar-refractivity contribution in [3.8, 4) is 0 Å². The molecular formula is C18H27ClFN.